The fourth-order valence-electron chi connectivity index (χ4n) is 4.88. The number of rotatable bonds is 9. The number of amidine groups is 1. The Labute approximate surface area is 264 Å². The highest BCUT2D eigenvalue weighted by Crippen LogP contribution is 2.29. The van der Waals surface area contributed by atoms with Crippen LogP contribution in [-0.2, 0) is 14.4 Å². The smallest absolute Gasteiger partial charge is 0.414 e. The lowest BCUT2D eigenvalue weighted by molar-refractivity contribution is -0.159. The number of ether oxygens (including phenoxy) is 1. The van der Waals surface area contributed by atoms with Gasteiger partial charge in [-0.05, 0) is 74.5 Å². The van der Waals surface area contributed by atoms with Crippen LogP contribution < -0.4 is 15.0 Å². The Morgan fingerprint density at radius 1 is 0.891 bits per heavy atom. The van der Waals surface area contributed by atoms with Crippen molar-refractivity contribution in [3.8, 4) is 5.75 Å². The second kappa shape index (κ2) is 16.6. The van der Waals surface area contributed by atoms with Crippen molar-refractivity contribution < 1.29 is 43.3 Å². The Bertz CT molecular complexity index is 1560. The molecule has 0 aromatic heterocycles. The maximum absolute atomic E-state index is 13.7. The van der Waals surface area contributed by atoms with Crippen LogP contribution >= 0.6 is 0 Å². The van der Waals surface area contributed by atoms with E-state index in [4.69, 9.17) is 29.9 Å². The predicted octanol–water partition coefficient (Wildman–Crippen LogP) is 3.69. The van der Waals surface area contributed by atoms with Crippen LogP contribution in [0.2, 0.25) is 0 Å². The van der Waals surface area contributed by atoms with Gasteiger partial charge < -0.3 is 30.1 Å². The van der Waals surface area contributed by atoms with Gasteiger partial charge in [-0.1, -0.05) is 24.3 Å². The highest BCUT2D eigenvalue weighted by atomic mass is 19.1. The van der Waals surface area contributed by atoms with E-state index in [-0.39, 0.29) is 35.2 Å². The first-order valence-electron chi connectivity index (χ1n) is 14.3. The Hall–Kier alpha value is -5.43. The number of nitrogens with one attached hydrogen (secondary N) is 2. The van der Waals surface area contributed by atoms with E-state index >= 15 is 0 Å². The molecule has 3 aromatic carbocycles. The van der Waals surface area contributed by atoms with E-state index in [0.29, 0.717) is 67.1 Å². The van der Waals surface area contributed by atoms with Crippen molar-refractivity contribution in [3.05, 3.63) is 95.3 Å². The molecule has 0 saturated carbocycles. The van der Waals surface area contributed by atoms with Crippen LogP contribution in [0.5, 0.6) is 5.75 Å². The number of halogens is 1. The number of methoxy groups -OCH3 is 1. The molecule has 0 spiro atoms. The van der Waals surface area contributed by atoms with Crippen molar-refractivity contribution in [2.24, 2.45) is 5.92 Å². The lowest BCUT2D eigenvalue weighted by Crippen LogP contribution is -2.43. The topological polar surface area (TPSA) is 177 Å². The molecule has 1 heterocycles. The van der Waals surface area contributed by atoms with Gasteiger partial charge >= 0.3 is 11.9 Å². The highest BCUT2D eigenvalue weighted by molar-refractivity contribution is 6.27. The van der Waals surface area contributed by atoms with Crippen LogP contribution in [0.3, 0.4) is 0 Å². The average molecular weight is 635 g/mol. The number of aliphatic carboxylic acids is 2. The van der Waals surface area contributed by atoms with Crippen molar-refractivity contribution in [1.82, 2.24) is 10.2 Å². The van der Waals surface area contributed by atoms with Gasteiger partial charge in [0.15, 0.2) is 5.78 Å². The number of amides is 2. The molecule has 1 aliphatic rings. The van der Waals surface area contributed by atoms with E-state index in [9.17, 15) is 18.8 Å². The molecule has 1 aliphatic heterocycles. The third-order valence-corrected chi connectivity index (χ3v) is 7.25. The standard InChI is InChI=1S/C31H33FN4O4.C2H2O4/c1-21(37)34-30(33)24-7-9-25(10-8-24)31(39)36(27-5-3-4-6-28(27)40-2)20-19-35-17-15-23(16-18-35)29(38)22-11-13-26(32)14-12-22;3-1(4)2(5)6/h3-14,23H,15-20H2,1-2H3,(H2,33,34,37);(H,3,4)(H,5,6). The Morgan fingerprint density at radius 3 is 1.98 bits per heavy atom. The molecule has 0 aliphatic carbocycles. The summed E-state index contributed by atoms with van der Waals surface area (Å²) >= 11 is 0. The monoisotopic (exact) mass is 634 g/mol. The van der Waals surface area contributed by atoms with E-state index in [1.54, 1.807) is 42.3 Å². The Kier molecular flexibility index (Phi) is 12.6. The number of para-hydroxylation sites is 2. The number of carbonyl (C=O) groups excluding carboxylic acids is 3. The van der Waals surface area contributed by atoms with E-state index in [0.717, 1.165) is 0 Å². The molecule has 13 heteroatoms. The summed E-state index contributed by atoms with van der Waals surface area (Å²) in [5.41, 5.74) is 2.11. The number of carbonyl (C=O) groups is 5. The molecular weight excluding hydrogens is 599 g/mol. The first-order valence-corrected chi connectivity index (χ1v) is 14.3. The van der Waals surface area contributed by atoms with E-state index in [2.05, 4.69) is 10.2 Å². The minimum atomic E-state index is -1.82. The first-order chi connectivity index (χ1) is 21.9. The molecule has 0 radical (unpaired) electrons. The summed E-state index contributed by atoms with van der Waals surface area (Å²) in [5, 5.41) is 25.2. The minimum Gasteiger partial charge on any atom is -0.495 e. The number of nitrogens with zero attached hydrogens (tertiary/aromatic N) is 2. The summed E-state index contributed by atoms with van der Waals surface area (Å²) in [5.74, 6) is -4.09. The number of hydrogen-bond donors (Lipinski definition) is 4. The predicted molar refractivity (Wildman–Crippen MR) is 167 cm³/mol. The summed E-state index contributed by atoms with van der Waals surface area (Å²) in [6.07, 6.45) is 1.39. The van der Waals surface area contributed by atoms with Gasteiger partial charge in [0.25, 0.3) is 5.91 Å². The number of hydrogen-bond acceptors (Lipinski definition) is 8. The number of ketones is 1. The molecular formula is C33H35FN4O8. The van der Waals surface area contributed by atoms with Gasteiger partial charge in [-0.2, -0.15) is 0 Å². The van der Waals surface area contributed by atoms with Gasteiger partial charge in [0, 0.05) is 42.6 Å². The summed E-state index contributed by atoms with van der Waals surface area (Å²) < 4.78 is 18.8. The summed E-state index contributed by atoms with van der Waals surface area (Å²) in [7, 11) is 1.56. The van der Waals surface area contributed by atoms with Gasteiger partial charge in [0.2, 0.25) is 5.91 Å². The molecule has 1 saturated heterocycles. The third kappa shape index (κ3) is 9.79. The molecule has 3 aromatic rings. The van der Waals surface area contributed by atoms with Crippen LogP contribution in [0.4, 0.5) is 10.1 Å². The SMILES string of the molecule is COc1ccccc1N(CCN1CCC(C(=O)c2ccc(F)cc2)CC1)C(=O)c1ccc(C(=N)NC(C)=O)cc1.O=C(O)C(=O)O. The fourth-order valence-corrected chi connectivity index (χ4v) is 4.88. The van der Waals surface area contributed by atoms with Gasteiger partial charge in [-0.25, -0.2) is 14.0 Å². The third-order valence-electron chi connectivity index (χ3n) is 7.25. The van der Waals surface area contributed by atoms with Gasteiger partial charge in [-0.15, -0.1) is 0 Å². The quantitative estimate of drug-likeness (QED) is 0.118. The average Bonchev–Trinajstić information content (AvgIpc) is 3.05. The van der Waals surface area contributed by atoms with Crippen LogP contribution in [0.1, 0.15) is 46.0 Å². The van der Waals surface area contributed by atoms with Crippen molar-refractivity contribution in [2.45, 2.75) is 19.8 Å². The lowest BCUT2D eigenvalue weighted by Gasteiger charge is -2.33. The van der Waals surface area contributed by atoms with E-state index < -0.39 is 11.9 Å². The second-order valence-corrected chi connectivity index (χ2v) is 10.4. The van der Waals surface area contributed by atoms with Gasteiger partial charge in [-0.3, -0.25) is 19.8 Å². The number of piperidine rings is 1. The van der Waals surface area contributed by atoms with E-state index in [1.165, 1.54) is 31.2 Å². The van der Waals surface area contributed by atoms with E-state index in [1.807, 2.05) is 18.2 Å². The molecule has 242 valence electrons. The molecule has 12 nitrogen and oxygen atoms in total. The van der Waals surface area contributed by atoms with Crippen LogP contribution in [0.25, 0.3) is 0 Å². The van der Waals surface area contributed by atoms with Crippen LogP contribution in [-0.4, -0.2) is 83.8 Å². The lowest BCUT2D eigenvalue weighted by atomic mass is 9.89. The second-order valence-electron chi connectivity index (χ2n) is 10.4. The zero-order chi connectivity index (χ0) is 33.8. The summed E-state index contributed by atoms with van der Waals surface area (Å²) in [6.45, 7) is 3.77. The number of carboxylic acid groups (broad SMARTS) is 2. The van der Waals surface area contributed by atoms with Crippen LogP contribution in [0, 0.1) is 17.1 Å². The highest BCUT2D eigenvalue weighted by Gasteiger charge is 2.27. The van der Waals surface area contributed by atoms with Crippen molar-refractivity contribution >= 4 is 41.1 Å². The first kappa shape index (κ1) is 35.1. The number of Topliss-reactive ketones (excluding diaryl/α,β-unsaturated/α-hetero) is 1. The van der Waals surface area contributed by atoms with Gasteiger partial charge in [0.05, 0.1) is 12.8 Å². The minimum absolute atomic E-state index is 0.0330. The zero-order valence-electron chi connectivity index (χ0n) is 25.4. The maximum atomic E-state index is 13.7. The molecule has 0 bridgehead atoms. The van der Waals surface area contributed by atoms with Gasteiger partial charge in [0.1, 0.15) is 17.4 Å². The molecule has 4 rings (SSSR count). The number of anilines is 1. The maximum Gasteiger partial charge on any atom is 0.414 e. The van der Waals surface area contributed by atoms with Crippen molar-refractivity contribution in [3.63, 3.8) is 0 Å². The number of benzene rings is 3. The van der Waals surface area contributed by atoms with Crippen LogP contribution in [0.15, 0.2) is 72.8 Å². The van der Waals surface area contributed by atoms with Crippen molar-refractivity contribution in [2.75, 3.05) is 38.2 Å². The fraction of sp³-hybridized carbons (Fsp3) is 0.273. The molecule has 0 unspecified atom stereocenters. The molecule has 46 heavy (non-hydrogen) atoms. The molecule has 4 N–H and O–H groups in total. The molecule has 2 amide bonds. The normalized spacial score (nSPS) is 13.0. The Morgan fingerprint density at radius 2 is 1.43 bits per heavy atom. The zero-order valence-corrected chi connectivity index (χ0v) is 25.4. The van der Waals surface area contributed by atoms with Crippen molar-refractivity contribution in [1.29, 1.82) is 5.41 Å². The molecule has 0 atom stereocenters. The Balaban J connectivity index is 0.000000875. The summed E-state index contributed by atoms with van der Waals surface area (Å²) in [6, 6.07) is 19.6. The number of likely N-dealkylation sites (tertiary alicyclic amines) is 1. The molecule has 1 fully saturated rings. The summed E-state index contributed by atoms with van der Waals surface area (Å²) in [4.78, 5) is 60.0. The largest absolute Gasteiger partial charge is 0.495 e. The number of carboxylic acids is 2.